The maximum Gasteiger partial charge on any atom is 0.221 e. The second kappa shape index (κ2) is 6.35. The number of Topliss-reactive ketones (excluding diaryl/α,β-unsaturated/α-hetero) is 1. The van der Waals surface area contributed by atoms with Gasteiger partial charge in [0.1, 0.15) is 5.54 Å². The lowest BCUT2D eigenvalue weighted by molar-refractivity contribution is -0.122. The summed E-state index contributed by atoms with van der Waals surface area (Å²) < 4.78 is 0. The topological polar surface area (TPSA) is 70.0 Å². The van der Waals surface area contributed by atoms with E-state index >= 15 is 0 Å². The molecule has 0 unspecified atom stereocenters. The van der Waals surface area contributed by atoms with Crippen LogP contribution in [0.15, 0.2) is 24.3 Å². The summed E-state index contributed by atoms with van der Waals surface area (Å²) in [6.45, 7) is 3.20. The average molecular weight is 279 g/mol. The highest BCUT2D eigenvalue weighted by Crippen LogP contribution is 2.17. The van der Waals surface area contributed by atoms with Gasteiger partial charge in [-0.25, -0.2) is 0 Å². The Hall–Kier alpha value is -1.86. The third kappa shape index (κ3) is 4.72. The minimum atomic E-state index is -0.926. The van der Waals surface area contributed by atoms with Gasteiger partial charge >= 0.3 is 0 Å². The molecule has 0 aliphatic heterocycles. The molecule has 0 heterocycles. The van der Waals surface area contributed by atoms with E-state index in [1.54, 1.807) is 38.1 Å². The summed E-state index contributed by atoms with van der Waals surface area (Å²) in [4.78, 5) is 23.5. The first-order valence-corrected chi connectivity index (χ1v) is 6.23. The van der Waals surface area contributed by atoms with E-state index in [0.29, 0.717) is 10.6 Å². The fourth-order valence-corrected chi connectivity index (χ4v) is 1.73. The number of carbonyl (C=O) groups is 2. The Kier molecular flexibility index (Phi) is 5.08. The van der Waals surface area contributed by atoms with Crippen LogP contribution in [0.2, 0.25) is 5.02 Å². The van der Waals surface area contributed by atoms with Gasteiger partial charge in [0.2, 0.25) is 5.91 Å². The van der Waals surface area contributed by atoms with Gasteiger partial charge in [0.15, 0.2) is 5.78 Å². The van der Waals surface area contributed by atoms with Crippen molar-refractivity contribution in [1.82, 2.24) is 5.32 Å². The van der Waals surface area contributed by atoms with E-state index < -0.39 is 5.54 Å². The van der Waals surface area contributed by atoms with Gasteiger partial charge < -0.3 is 5.32 Å². The van der Waals surface area contributed by atoms with Crippen molar-refractivity contribution in [2.75, 3.05) is 0 Å². The van der Waals surface area contributed by atoms with Crippen molar-refractivity contribution in [3.8, 4) is 6.07 Å². The second-order valence-electron chi connectivity index (χ2n) is 4.69. The van der Waals surface area contributed by atoms with Crippen LogP contribution in [0.4, 0.5) is 0 Å². The Labute approximate surface area is 117 Å². The van der Waals surface area contributed by atoms with Crippen LogP contribution in [-0.2, 0) is 4.79 Å². The molecule has 0 aliphatic rings. The van der Waals surface area contributed by atoms with E-state index in [-0.39, 0.29) is 24.5 Å². The third-order valence-corrected chi connectivity index (χ3v) is 2.81. The predicted octanol–water partition coefficient (Wildman–Crippen LogP) is 2.72. The molecule has 1 aromatic carbocycles. The summed E-state index contributed by atoms with van der Waals surface area (Å²) in [7, 11) is 0. The molecule has 0 aliphatic carbocycles. The van der Waals surface area contributed by atoms with Crippen molar-refractivity contribution >= 4 is 23.3 Å². The van der Waals surface area contributed by atoms with Gasteiger partial charge in [-0.15, -0.1) is 0 Å². The average Bonchev–Trinajstić information content (AvgIpc) is 2.36. The number of nitrogens with one attached hydrogen (secondary N) is 1. The van der Waals surface area contributed by atoms with Crippen LogP contribution in [0.3, 0.4) is 0 Å². The molecule has 0 radical (unpaired) electrons. The van der Waals surface area contributed by atoms with E-state index in [1.807, 2.05) is 6.07 Å². The van der Waals surface area contributed by atoms with Crippen molar-refractivity contribution in [2.45, 2.75) is 32.2 Å². The predicted molar refractivity (Wildman–Crippen MR) is 72.9 cm³/mol. The molecule has 1 rings (SSSR count). The van der Waals surface area contributed by atoms with Gasteiger partial charge in [0.05, 0.1) is 11.1 Å². The SMILES string of the molecule is CC(C)(C#N)NC(=O)CCC(=O)c1ccccc1Cl. The molecule has 0 bridgehead atoms. The van der Waals surface area contributed by atoms with Gasteiger partial charge in [-0.2, -0.15) is 5.26 Å². The Balaban J connectivity index is 2.55. The smallest absolute Gasteiger partial charge is 0.221 e. The molecular formula is C14H15ClN2O2. The number of carbonyl (C=O) groups excluding carboxylic acids is 2. The first-order chi connectivity index (χ1) is 8.85. The standard InChI is InChI=1S/C14H15ClN2O2/c1-14(2,9-16)17-13(19)8-7-12(18)10-5-3-4-6-11(10)15/h3-6H,7-8H2,1-2H3,(H,17,19). The lowest BCUT2D eigenvalue weighted by Gasteiger charge is -2.17. The minimum Gasteiger partial charge on any atom is -0.338 e. The van der Waals surface area contributed by atoms with Crippen LogP contribution in [-0.4, -0.2) is 17.2 Å². The van der Waals surface area contributed by atoms with Crippen LogP contribution in [0.1, 0.15) is 37.0 Å². The molecule has 4 nitrogen and oxygen atoms in total. The normalized spacial score (nSPS) is 10.6. The molecule has 0 aromatic heterocycles. The fraction of sp³-hybridized carbons (Fsp3) is 0.357. The molecule has 0 fully saturated rings. The minimum absolute atomic E-state index is 0.0369. The summed E-state index contributed by atoms with van der Waals surface area (Å²) in [6, 6.07) is 8.68. The number of hydrogen-bond acceptors (Lipinski definition) is 3. The van der Waals surface area contributed by atoms with Gasteiger partial charge in [-0.05, 0) is 26.0 Å². The van der Waals surface area contributed by atoms with Crippen LogP contribution < -0.4 is 5.32 Å². The van der Waals surface area contributed by atoms with E-state index in [2.05, 4.69) is 5.32 Å². The van der Waals surface area contributed by atoms with Crippen molar-refractivity contribution in [3.05, 3.63) is 34.9 Å². The number of rotatable bonds is 5. The Morgan fingerprint density at radius 2 is 1.95 bits per heavy atom. The number of amides is 1. The molecule has 100 valence electrons. The molecular weight excluding hydrogens is 264 g/mol. The highest BCUT2D eigenvalue weighted by molar-refractivity contribution is 6.34. The molecule has 1 aromatic rings. The van der Waals surface area contributed by atoms with E-state index in [0.717, 1.165) is 0 Å². The van der Waals surface area contributed by atoms with Crippen LogP contribution in [0, 0.1) is 11.3 Å². The highest BCUT2D eigenvalue weighted by atomic mass is 35.5. The summed E-state index contributed by atoms with van der Waals surface area (Å²) in [5.74, 6) is -0.512. The number of nitrogens with zero attached hydrogens (tertiary/aromatic N) is 1. The Morgan fingerprint density at radius 3 is 2.53 bits per heavy atom. The zero-order chi connectivity index (χ0) is 14.5. The summed E-state index contributed by atoms with van der Waals surface area (Å²) in [5.41, 5.74) is -0.513. The number of halogens is 1. The van der Waals surface area contributed by atoms with E-state index in [4.69, 9.17) is 16.9 Å². The molecule has 1 amide bonds. The molecule has 5 heteroatoms. The van der Waals surface area contributed by atoms with Gasteiger partial charge in [-0.3, -0.25) is 9.59 Å². The fourth-order valence-electron chi connectivity index (χ4n) is 1.49. The first kappa shape index (κ1) is 15.2. The Bertz CT molecular complexity index is 532. The van der Waals surface area contributed by atoms with E-state index in [1.165, 1.54) is 0 Å². The monoisotopic (exact) mass is 278 g/mol. The lowest BCUT2D eigenvalue weighted by Crippen LogP contribution is -2.42. The maximum atomic E-state index is 11.9. The van der Waals surface area contributed by atoms with Crippen molar-refractivity contribution in [3.63, 3.8) is 0 Å². The van der Waals surface area contributed by atoms with Crippen LogP contribution in [0.5, 0.6) is 0 Å². The molecule has 1 N–H and O–H groups in total. The number of benzene rings is 1. The van der Waals surface area contributed by atoms with Gasteiger partial charge in [0.25, 0.3) is 0 Å². The van der Waals surface area contributed by atoms with Crippen molar-refractivity contribution < 1.29 is 9.59 Å². The van der Waals surface area contributed by atoms with Gasteiger partial charge in [0, 0.05) is 18.4 Å². The lowest BCUT2D eigenvalue weighted by atomic mass is 10.0. The maximum absolute atomic E-state index is 11.9. The van der Waals surface area contributed by atoms with Crippen molar-refractivity contribution in [1.29, 1.82) is 5.26 Å². The molecule has 0 atom stereocenters. The summed E-state index contributed by atoms with van der Waals surface area (Å²) in [6.07, 6.45) is 0.103. The number of hydrogen-bond donors (Lipinski definition) is 1. The van der Waals surface area contributed by atoms with Crippen LogP contribution >= 0.6 is 11.6 Å². The zero-order valence-electron chi connectivity index (χ0n) is 10.9. The third-order valence-electron chi connectivity index (χ3n) is 2.48. The summed E-state index contributed by atoms with van der Waals surface area (Å²) >= 11 is 5.90. The summed E-state index contributed by atoms with van der Waals surface area (Å²) in [5, 5.41) is 11.7. The quantitative estimate of drug-likeness (QED) is 0.842. The molecule has 0 saturated carbocycles. The largest absolute Gasteiger partial charge is 0.338 e. The molecule has 0 spiro atoms. The first-order valence-electron chi connectivity index (χ1n) is 5.86. The zero-order valence-corrected chi connectivity index (χ0v) is 11.6. The van der Waals surface area contributed by atoms with Crippen LogP contribution in [0.25, 0.3) is 0 Å². The number of nitriles is 1. The van der Waals surface area contributed by atoms with Crippen molar-refractivity contribution in [2.24, 2.45) is 0 Å². The second-order valence-corrected chi connectivity index (χ2v) is 5.10. The van der Waals surface area contributed by atoms with E-state index in [9.17, 15) is 9.59 Å². The molecule has 0 saturated heterocycles. The Morgan fingerprint density at radius 1 is 1.32 bits per heavy atom. The van der Waals surface area contributed by atoms with Gasteiger partial charge in [-0.1, -0.05) is 23.7 Å². The highest BCUT2D eigenvalue weighted by Gasteiger charge is 2.20. The molecule has 19 heavy (non-hydrogen) atoms. The number of ketones is 1.